The molecule has 11 heteroatoms. The van der Waals surface area contributed by atoms with Gasteiger partial charge in [-0.25, -0.2) is 9.97 Å². The molecule has 0 saturated heterocycles. The van der Waals surface area contributed by atoms with E-state index in [1.165, 1.54) is 25.0 Å². The van der Waals surface area contributed by atoms with Crippen LogP contribution in [0, 0.1) is 0 Å². The van der Waals surface area contributed by atoms with Crippen LogP contribution in [-0.4, -0.2) is 44.0 Å². The van der Waals surface area contributed by atoms with Crippen LogP contribution in [0.2, 0.25) is 0 Å². The number of carbonyl (C=O) groups is 2. The number of aromatic nitrogens is 4. The van der Waals surface area contributed by atoms with Crippen LogP contribution in [0.25, 0.3) is 0 Å². The Morgan fingerprint density at radius 3 is 1.52 bits per heavy atom. The Bertz CT molecular complexity index is 522. The second-order valence-electron chi connectivity index (χ2n) is 4.41. The van der Waals surface area contributed by atoms with E-state index in [-0.39, 0.29) is 32.3 Å². The fourth-order valence-electron chi connectivity index (χ4n) is 1.43. The monoisotopic (exact) mass is 372 g/mol. The Labute approximate surface area is 144 Å². The average molecular weight is 374 g/mol. The summed E-state index contributed by atoms with van der Waals surface area (Å²) in [6.45, 7) is 0. The molecule has 2 unspecified atom stereocenters. The molecule has 2 heterocycles. The number of hydrogen-bond donors (Lipinski definition) is 4. The minimum absolute atomic E-state index is 0. The van der Waals surface area contributed by atoms with Crippen molar-refractivity contribution in [2.75, 3.05) is 0 Å². The Hall–Kier alpha value is -2.10. The van der Waals surface area contributed by atoms with E-state index in [1.54, 1.807) is 0 Å². The molecule has 2 aromatic heterocycles. The third kappa shape index (κ3) is 8.19. The van der Waals surface area contributed by atoms with Crippen molar-refractivity contribution in [2.45, 2.75) is 24.9 Å². The predicted octanol–water partition coefficient (Wildman–Crippen LogP) is -3.94. The molecule has 0 aliphatic heterocycles. The van der Waals surface area contributed by atoms with Gasteiger partial charge in [-0.2, -0.15) is 0 Å². The minimum atomic E-state index is -1.25. The van der Waals surface area contributed by atoms with Gasteiger partial charge in [0, 0.05) is 48.7 Å². The molecular formula is C12H16N6O4Zn. The smallest absolute Gasteiger partial charge is 0.548 e. The summed E-state index contributed by atoms with van der Waals surface area (Å²) in [7, 11) is 0. The molecule has 120 valence electrons. The van der Waals surface area contributed by atoms with Gasteiger partial charge in [0.05, 0.1) is 24.6 Å². The van der Waals surface area contributed by atoms with E-state index in [1.807, 2.05) is 0 Å². The van der Waals surface area contributed by atoms with E-state index >= 15 is 0 Å². The second kappa shape index (κ2) is 10.6. The van der Waals surface area contributed by atoms with E-state index in [0.29, 0.717) is 11.4 Å². The predicted molar refractivity (Wildman–Crippen MR) is 70.5 cm³/mol. The molecule has 23 heavy (non-hydrogen) atoms. The first-order chi connectivity index (χ1) is 10.4. The van der Waals surface area contributed by atoms with Crippen molar-refractivity contribution >= 4 is 11.9 Å². The number of aromatic amines is 2. The number of H-pyrrole nitrogens is 2. The topological polar surface area (TPSA) is 190 Å². The van der Waals surface area contributed by atoms with Gasteiger partial charge >= 0.3 is 19.5 Å². The molecule has 6 N–H and O–H groups in total. The number of imidazole rings is 2. The maximum atomic E-state index is 10.2. The zero-order valence-electron chi connectivity index (χ0n) is 12.3. The molecule has 0 radical (unpaired) electrons. The Morgan fingerprint density at radius 2 is 1.30 bits per heavy atom. The molecule has 0 bridgehead atoms. The van der Waals surface area contributed by atoms with Crippen LogP contribution < -0.4 is 21.7 Å². The van der Waals surface area contributed by atoms with Crippen LogP contribution >= 0.6 is 0 Å². The van der Waals surface area contributed by atoms with Crippen molar-refractivity contribution in [3.8, 4) is 0 Å². The molecule has 0 spiro atoms. The fraction of sp³-hybridized carbons (Fsp3) is 0.333. The van der Waals surface area contributed by atoms with Crippen molar-refractivity contribution in [1.82, 2.24) is 19.9 Å². The van der Waals surface area contributed by atoms with E-state index < -0.39 is 24.0 Å². The van der Waals surface area contributed by atoms with Gasteiger partial charge in [0.2, 0.25) is 0 Å². The first kappa shape index (κ1) is 20.9. The summed E-state index contributed by atoms with van der Waals surface area (Å²) in [6.07, 6.45) is 6.45. The van der Waals surface area contributed by atoms with Gasteiger partial charge in [-0.3, -0.25) is 0 Å². The Balaban J connectivity index is 0.000000403. The van der Waals surface area contributed by atoms with Gasteiger partial charge in [-0.05, 0) is 0 Å². The van der Waals surface area contributed by atoms with Crippen LogP contribution in [0.5, 0.6) is 0 Å². The number of rotatable bonds is 6. The summed E-state index contributed by atoms with van der Waals surface area (Å²) in [5, 5.41) is 20.3. The maximum absolute atomic E-state index is 10.2. The van der Waals surface area contributed by atoms with Crippen molar-refractivity contribution < 1.29 is 39.3 Å². The van der Waals surface area contributed by atoms with E-state index in [4.69, 9.17) is 11.5 Å². The van der Waals surface area contributed by atoms with E-state index in [2.05, 4.69) is 19.9 Å². The molecule has 0 saturated carbocycles. The fourth-order valence-corrected chi connectivity index (χ4v) is 1.43. The molecule has 10 nitrogen and oxygen atoms in total. The van der Waals surface area contributed by atoms with Gasteiger partial charge in [0.15, 0.2) is 0 Å². The molecule has 2 rings (SSSR count). The molecule has 2 aromatic rings. The third-order valence-corrected chi connectivity index (χ3v) is 2.59. The number of aliphatic carboxylic acids is 2. The number of nitrogens with one attached hydrogen (secondary N) is 2. The molecule has 0 aliphatic rings. The molecule has 0 amide bonds. The van der Waals surface area contributed by atoms with E-state index in [0.717, 1.165) is 0 Å². The van der Waals surface area contributed by atoms with Crippen molar-refractivity contribution in [2.24, 2.45) is 11.5 Å². The number of nitrogens with zero attached hydrogens (tertiary/aromatic N) is 2. The zero-order valence-corrected chi connectivity index (χ0v) is 15.2. The van der Waals surface area contributed by atoms with Crippen molar-refractivity contribution in [3.05, 3.63) is 36.4 Å². The first-order valence-electron chi connectivity index (χ1n) is 6.27. The summed E-state index contributed by atoms with van der Waals surface area (Å²) < 4.78 is 0. The van der Waals surface area contributed by atoms with Gasteiger partial charge in [0.1, 0.15) is 0 Å². The third-order valence-electron chi connectivity index (χ3n) is 2.59. The van der Waals surface area contributed by atoms with Gasteiger partial charge in [0.25, 0.3) is 0 Å². The van der Waals surface area contributed by atoms with Gasteiger partial charge in [-0.1, -0.05) is 0 Å². The number of hydrogen-bond acceptors (Lipinski definition) is 8. The van der Waals surface area contributed by atoms with Crippen molar-refractivity contribution in [1.29, 1.82) is 0 Å². The molecule has 0 fully saturated rings. The van der Waals surface area contributed by atoms with Crippen LogP contribution in [-0.2, 0) is 41.9 Å². The van der Waals surface area contributed by atoms with Crippen LogP contribution in [0.4, 0.5) is 0 Å². The van der Waals surface area contributed by atoms with E-state index in [9.17, 15) is 19.8 Å². The maximum Gasteiger partial charge on any atom is 2.00 e. The van der Waals surface area contributed by atoms with Crippen molar-refractivity contribution in [3.63, 3.8) is 0 Å². The summed E-state index contributed by atoms with van der Waals surface area (Å²) in [5.41, 5.74) is 11.8. The minimum Gasteiger partial charge on any atom is -0.548 e. The number of nitrogens with two attached hydrogens (primary N) is 2. The Kier molecular flexibility index (Phi) is 9.63. The van der Waals surface area contributed by atoms with Crippen LogP contribution in [0.1, 0.15) is 11.4 Å². The molecular weight excluding hydrogens is 358 g/mol. The Morgan fingerprint density at radius 1 is 0.957 bits per heavy atom. The number of carbonyl (C=O) groups excluding carboxylic acids is 2. The number of carboxylic acids is 2. The van der Waals surface area contributed by atoms with Crippen LogP contribution in [0.3, 0.4) is 0 Å². The summed E-state index contributed by atoms with van der Waals surface area (Å²) >= 11 is 0. The molecule has 0 aromatic carbocycles. The summed E-state index contributed by atoms with van der Waals surface area (Å²) in [6, 6.07) is -1.93. The molecule has 0 aliphatic carbocycles. The summed E-state index contributed by atoms with van der Waals surface area (Å²) in [5.74, 6) is -2.50. The standard InChI is InChI=1S/2C6H9N3O2.Zn/c2*7-5(6(10)11)1-4-2-8-3-9-4;/h2*2-3,5H,1,7H2,(H,8,9)(H,10,11);/q;;+2/p-2. The van der Waals surface area contributed by atoms with Gasteiger partial charge in [-0.15, -0.1) is 0 Å². The largest absolute Gasteiger partial charge is 2.00 e. The number of carboxylic acid groups (broad SMARTS) is 2. The van der Waals surface area contributed by atoms with Crippen LogP contribution in [0.15, 0.2) is 25.0 Å². The molecule has 2 atom stereocenters. The van der Waals surface area contributed by atoms with Gasteiger partial charge < -0.3 is 41.2 Å². The zero-order chi connectivity index (χ0) is 16.5. The first-order valence-corrected chi connectivity index (χ1v) is 6.27. The quantitative estimate of drug-likeness (QED) is 0.369. The summed E-state index contributed by atoms with van der Waals surface area (Å²) in [4.78, 5) is 33.2. The normalized spacial score (nSPS) is 12.3. The SMILES string of the molecule is NC(Cc1cnc[nH]1)C(=O)[O-].NC(Cc1cnc[nH]1)C(=O)[O-].[Zn+2]. The average Bonchev–Trinajstić information content (AvgIpc) is 3.12. The second-order valence-corrected chi connectivity index (χ2v) is 4.41.